The highest BCUT2D eigenvalue weighted by atomic mass is 32.2. The Kier molecular flexibility index (Phi) is 5.58. The number of aromatic nitrogens is 3. The number of hydrogen-bond acceptors (Lipinski definition) is 5. The molecule has 0 bridgehead atoms. The fraction of sp³-hybridized carbons (Fsp3) is 0.211. The average molecular weight is 368 g/mol. The van der Waals surface area contributed by atoms with Gasteiger partial charge in [-0.1, -0.05) is 36.9 Å². The molecule has 1 heterocycles. The molecule has 3 rings (SSSR count). The zero-order chi connectivity index (χ0) is 18.5. The molecule has 2 aromatic carbocycles. The number of carbonyl (C=O) groups excluding carboxylic acids is 1. The van der Waals surface area contributed by atoms with Crippen LogP contribution in [0.4, 0.5) is 0 Å². The molecule has 1 aromatic heterocycles. The molecule has 1 amide bonds. The highest BCUT2D eigenvalue weighted by molar-refractivity contribution is 8.00. The number of benzene rings is 2. The van der Waals surface area contributed by atoms with Crippen LogP contribution in [0.5, 0.6) is 5.75 Å². The molecule has 3 aromatic rings. The minimum absolute atomic E-state index is 0.355. The molecule has 2 N–H and O–H groups in total. The summed E-state index contributed by atoms with van der Waals surface area (Å²) in [4.78, 5) is 11.7. The molecule has 0 aliphatic rings. The minimum Gasteiger partial charge on any atom is -0.497 e. The number of ether oxygens (including phenoxy) is 1. The molecule has 0 saturated heterocycles. The van der Waals surface area contributed by atoms with Gasteiger partial charge < -0.3 is 10.5 Å². The fourth-order valence-corrected chi connectivity index (χ4v) is 3.48. The monoisotopic (exact) mass is 368 g/mol. The summed E-state index contributed by atoms with van der Waals surface area (Å²) in [7, 11) is 1.63. The van der Waals surface area contributed by atoms with Gasteiger partial charge in [-0.15, -0.1) is 10.2 Å². The van der Waals surface area contributed by atoms with Crippen LogP contribution >= 0.6 is 11.8 Å². The second-order valence-electron chi connectivity index (χ2n) is 5.62. The van der Waals surface area contributed by atoms with Gasteiger partial charge in [-0.25, -0.2) is 0 Å². The summed E-state index contributed by atoms with van der Waals surface area (Å²) in [5, 5.41) is 8.96. The summed E-state index contributed by atoms with van der Waals surface area (Å²) < 4.78 is 7.16. The first-order valence-electron chi connectivity index (χ1n) is 8.25. The number of para-hydroxylation sites is 1. The Bertz CT molecular complexity index is 878. The molecule has 1 atom stereocenters. The van der Waals surface area contributed by atoms with Gasteiger partial charge in [0, 0.05) is 11.3 Å². The second kappa shape index (κ2) is 8.05. The number of carbonyl (C=O) groups is 1. The van der Waals surface area contributed by atoms with Crippen LogP contribution < -0.4 is 10.5 Å². The van der Waals surface area contributed by atoms with E-state index in [4.69, 9.17) is 10.5 Å². The van der Waals surface area contributed by atoms with Crippen molar-refractivity contribution < 1.29 is 9.53 Å². The lowest BCUT2D eigenvalue weighted by Crippen LogP contribution is -2.25. The van der Waals surface area contributed by atoms with Gasteiger partial charge in [0.25, 0.3) is 0 Å². The number of thioether (sulfide) groups is 1. The quantitative estimate of drug-likeness (QED) is 0.647. The molecule has 0 aliphatic heterocycles. The Hall–Kier alpha value is -2.80. The van der Waals surface area contributed by atoms with Crippen molar-refractivity contribution in [3.63, 3.8) is 0 Å². The van der Waals surface area contributed by atoms with Crippen molar-refractivity contribution in [3.05, 3.63) is 54.6 Å². The van der Waals surface area contributed by atoms with Crippen LogP contribution in [-0.2, 0) is 4.79 Å². The van der Waals surface area contributed by atoms with E-state index in [9.17, 15) is 4.79 Å². The summed E-state index contributed by atoms with van der Waals surface area (Å²) in [6, 6.07) is 17.4. The molecule has 134 valence electrons. The van der Waals surface area contributed by atoms with Crippen LogP contribution in [-0.4, -0.2) is 33.0 Å². The molecule has 0 radical (unpaired) electrons. The lowest BCUT2D eigenvalue weighted by molar-refractivity contribution is -0.117. The maximum atomic E-state index is 11.7. The number of amides is 1. The molecular formula is C19H20N4O2S. The number of rotatable bonds is 7. The van der Waals surface area contributed by atoms with Gasteiger partial charge in [-0.2, -0.15) is 0 Å². The number of primary amides is 1. The van der Waals surface area contributed by atoms with E-state index in [0.717, 1.165) is 17.0 Å². The van der Waals surface area contributed by atoms with Gasteiger partial charge in [-0.05, 0) is 42.8 Å². The van der Waals surface area contributed by atoms with Crippen LogP contribution in [0.1, 0.15) is 13.3 Å². The molecule has 6 nitrogen and oxygen atoms in total. The van der Waals surface area contributed by atoms with Gasteiger partial charge in [-0.3, -0.25) is 9.36 Å². The van der Waals surface area contributed by atoms with Crippen molar-refractivity contribution >= 4 is 17.7 Å². The molecule has 26 heavy (non-hydrogen) atoms. The van der Waals surface area contributed by atoms with Gasteiger partial charge in [0.2, 0.25) is 5.91 Å². The van der Waals surface area contributed by atoms with Crippen LogP contribution in [0, 0.1) is 0 Å². The number of methoxy groups -OCH3 is 1. The summed E-state index contributed by atoms with van der Waals surface area (Å²) >= 11 is 1.33. The van der Waals surface area contributed by atoms with Crippen molar-refractivity contribution in [1.82, 2.24) is 14.8 Å². The maximum absolute atomic E-state index is 11.7. The smallest absolute Gasteiger partial charge is 0.231 e. The molecule has 0 spiro atoms. The van der Waals surface area contributed by atoms with Crippen molar-refractivity contribution in [2.24, 2.45) is 5.73 Å². The van der Waals surface area contributed by atoms with E-state index in [1.54, 1.807) is 7.11 Å². The summed E-state index contributed by atoms with van der Waals surface area (Å²) in [6.45, 7) is 1.93. The topological polar surface area (TPSA) is 83.0 Å². The second-order valence-corrected chi connectivity index (χ2v) is 6.79. The third kappa shape index (κ3) is 3.72. The Morgan fingerprint density at radius 1 is 1.15 bits per heavy atom. The zero-order valence-electron chi connectivity index (χ0n) is 14.6. The number of nitrogens with zero attached hydrogens (tertiary/aromatic N) is 3. The molecular weight excluding hydrogens is 348 g/mol. The lowest BCUT2D eigenvalue weighted by Gasteiger charge is -2.13. The van der Waals surface area contributed by atoms with Crippen molar-refractivity contribution in [2.75, 3.05) is 7.11 Å². The summed E-state index contributed by atoms with van der Waals surface area (Å²) in [5.74, 6) is 1.11. The predicted molar refractivity (Wildman–Crippen MR) is 102 cm³/mol. The average Bonchev–Trinajstić information content (AvgIpc) is 3.10. The molecule has 0 fully saturated rings. The molecule has 0 saturated carbocycles. The van der Waals surface area contributed by atoms with Crippen LogP contribution in [0.3, 0.4) is 0 Å². The van der Waals surface area contributed by atoms with E-state index in [2.05, 4.69) is 10.2 Å². The first-order valence-corrected chi connectivity index (χ1v) is 9.13. The fourth-order valence-electron chi connectivity index (χ4n) is 2.55. The highest BCUT2D eigenvalue weighted by Crippen LogP contribution is 2.31. The first kappa shape index (κ1) is 18.0. The third-order valence-electron chi connectivity index (χ3n) is 3.93. The van der Waals surface area contributed by atoms with Crippen LogP contribution in [0.2, 0.25) is 0 Å². The van der Waals surface area contributed by atoms with Crippen molar-refractivity contribution in [3.8, 4) is 22.8 Å². The molecule has 0 aliphatic carbocycles. The minimum atomic E-state index is -0.356. The van der Waals surface area contributed by atoms with E-state index < -0.39 is 0 Å². The first-order chi connectivity index (χ1) is 12.6. The summed E-state index contributed by atoms with van der Waals surface area (Å²) in [6.07, 6.45) is 0.625. The van der Waals surface area contributed by atoms with Crippen molar-refractivity contribution in [1.29, 1.82) is 0 Å². The van der Waals surface area contributed by atoms with E-state index in [1.807, 2.05) is 66.1 Å². The normalized spacial score (nSPS) is 11.9. The van der Waals surface area contributed by atoms with Gasteiger partial charge in [0.1, 0.15) is 5.75 Å². The van der Waals surface area contributed by atoms with Gasteiger partial charge >= 0.3 is 0 Å². The SMILES string of the molecule is CCC(Sc1nnc(-c2ccc(OC)cc2)n1-c1ccccc1)C(N)=O. The Balaban J connectivity index is 2.08. The highest BCUT2D eigenvalue weighted by Gasteiger charge is 2.22. The Labute approximate surface area is 156 Å². The Morgan fingerprint density at radius 3 is 2.42 bits per heavy atom. The van der Waals surface area contributed by atoms with E-state index >= 15 is 0 Å². The van der Waals surface area contributed by atoms with Crippen molar-refractivity contribution in [2.45, 2.75) is 23.8 Å². The van der Waals surface area contributed by atoms with Gasteiger partial charge in [0.05, 0.1) is 12.4 Å². The third-order valence-corrected chi connectivity index (χ3v) is 5.26. The molecule has 7 heteroatoms. The molecule has 1 unspecified atom stereocenters. The maximum Gasteiger partial charge on any atom is 0.231 e. The number of hydrogen-bond donors (Lipinski definition) is 1. The largest absolute Gasteiger partial charge is 0.497 e. The van der Waals surface area contributed by atoms with Crippen LogP contribution in [0.25, 0.3) is 17.1 Å². The van der Waals surface area contributed by atoms with E-state index in [0.29, 0.717) is 17.4 Å². The standard InChI is InChI=1S/C19H20N4O2S/c1-3-16(17(20)24)26-19-22-21-18(13-9-11-15(25-2)12-10-13)23(19)14-7-5-4-6-8-14/h4-12,16H,3H2,1-2H3,(H2,20,24). The summed E-state index contributed by atoms with van der Waals surface area (Å²) in [5.41, 5.74) is 7.33. The lowest BCUT2D eigenvalue weighted by atomic mass is 10.2. The van der Waals surface area contributed by atoms with Crippen LogP contribution in [0.15, 0.2) is 59.8 Å². The van der Waals surface area contributed by atoms with E-state index in [1.165, 1.54) is 11.8 Å². The predicted octanol–water partition coefficient (Wildman–Crippen LogP) is 3.30. The van der Waals surface area contributed by atoms with E-state index in [-0.39, 0.29) is 11.2 Å². The number of nitrogens with two attached hydrogens (primary N) is 1. The van der Waals surface area contributed by atoms with Gasteiger partial charge in [0.15, 0.2) is 11.0 Å². The zero-order valence-corrected chi connectivity index (χ0v) is 15.4. The Morgan fingerprint density at radius 2 is 1.85 bits per heavy atom.